The first-order valence-corrected chi connectivity index (χ1v) is 6.93. The molecule has 1 saturated heterocycles. The van der Waals surface area contributed by atoms with Crippen molar-refractivity contribution in [2.45, 2.75) is 46.4 Å². The maximum Gasteiger partial charge on any atom is 0.165 e. The number of hydrogen-bond acceptors (Lipinski definition) is 4. The molecule has 0 radical (unpaired) electrons. The SMILES string of the molecule is CC[C@H]1O[C@@H](n2cnc3c(C)ncnc32)C(C)[C@H]1C. The van der Waals surface area contributed by atoms with Gasteiger partial charge in [0.25, 0.3) is 0 Å². The molecule has 2 aromatic rings. The molecule has 1 aliphatic rings. The number of rotatable bonds is 2. The van der Waals surface area contributed by atoms with Crippen LogP contribution in [0.3, 0.4) is 0 Å². The molecule has 4 atom stereocenters. The highest BCUT2D eigenvalue weighted by Crippen LogP contribution is 2.40. The van der Waals surface area contributed by atoms with Crippen LogP contribution in [0.5, 0.6) is 0 Å². The smallest absolute Gasteiger partial charge is 0.165 e. The summed E-state index contributed by atoms with van der Waals surface area (Å²) in [5.41, 5.74) is 2.65. The molecule has 5 heteroatoms. The van der Waals surface area contributed by atoms with E-state index in [2.05, 4.69) is 40.3 Å². The summed E-state index contributed by atoms with van der Waals surface area (Å²) in [5, 5.41) is 0. The lowest BCUT2D eigenvalue weighted by Crippen LogP contribution is -2.15. The molecule has 1 aliphatic heterocycles. The summed E-state index contributed by atoms with van der Waals surface area (Å²) < 4.78 is 8.25. The molecule has 0 spiro atoms. The van der Waals surface area contributed by atoms with Crippen molar-refractivity contribution in [3.8, 4) is 0 Å². The van der Waals surface area contributed by atoms with Crippen LogP contribution < -0.4 is 0 Å². The van der Waals surface area contributed by atoms with Crippen molar-refractivity contribution in [1.82, 2.24) is 19.5 Å². The third-order valence-corrected chi connectivity index (χ3v) is 4.40. The van der Waals surface area contributed by atoms with Crippen LogP contribution in [0, 0.1) is 18.8 Å². The Balaban J connectivity index is 2.04. The number of imidazole rings is 1. The van der Waals surface area contributed by atoms with Gasteiger partial charge in [-0.3, -0.25) is 4.57 Å². The number of aromatic nitrogens is 4. The Bertz CT molecular complexity index is 594. The van der Waals surface area contributed by atoms with Crippen LogP contribution in [0.1, 0.15) is 39.1 Å². The van der Waals surface area contributed by atoms with Gasteiger partial charge < -0.3 is 4.74 Å². The number of nitrogens with zero attached hydrogens (tertiary/aromatic N) is 4. The highest BCUT2D eigenvalue weighted by atomic mass is 16.5. The molecule has 3 rings (SSSR count). The van der Waals surface area contributed by atoms with Gasteiger partial charge >= 0.3 is 0 Å². The Morgan fingerprint density at radius 1 is 1.21 bits per heavy atom. The Hall–Kier alpha value is -1.49. The molecule has 5 nitrogen and oxygen atoms in total. The summed E-state index contributed by atoms with van der Waals surface area (Å²) >= 11 is 0. The molecular weight excluding hydrogens is 240 g/mol. The van der Waals surface area contributed by atoms with E-state index < -0.39 is 0 Å². The minimum atomic E-state index is 0.0271. The fraction of sp³-hybridized carbons (Fsp3) is 0.643. The number of aryl methyl sites for hydroxylation is 1. The highest BCUT2D eigenvalue weighted by Gasteiger charge is 2.39. The van der Waals surface area contributed by atoms with E-state index in [-0.39, 0.29) is 6.23 Å². The number of hydrogen-bond donors (Lipinski definition) is 0. The molecule has 0 aromatic carbocycles. The topological polar surface area (TPSA) is 52.8 Å². The van der Waals surface area contributed by atoms with Crippen LogP contribution in [0.4, 0.5) is 0 Å². The summed E-state index contributed by atoms with van der Waals surface area (Å²) in [7, 11) is 0. The quantitative estimate of drug-likeness (QED) is 0.833. The average molecular weight is 260 g/mol. The maximum absolute atomic E-state index is 6.19. The molecule has 3 heterocycles. The Labute approximate surface area is 113 Å². The van der Waals surface area contributed by atoms with E-state index in [1.165, 1.54) is 0 Å². The van der Waals surface area contributed by atoms with Gasteiger partial charge in [0.15, 0.2) is 5.65 Å². The van der Waals surface area contributed by atoms with Crippen LogP contribution in [-0.2, 0) is 4.74 Å². The lowest BCUT2D eigenvalue weighted by molar-refractivity contribution is -0.0120. The van der Waals surface area contributed by atoms with Gasteiger partial charge in [0.1, 0.15) is 18.1 Å². The monoisotopic (exact) mass is 260 g/mol. The van der Waals surface area contributed by atoms with Gasteiger partial charge in [0.2, 0.25) is 0 Å². The van der Waals surface area contributed by atoms with E-state index in [9.17, 15) is 0 Å². The van der Waals surface area contributed by atoms with Crippen molar-refractivity contribution in [3.05, 3.63) is 18.3 Å². The van der Waals surface area contributed by atoms with E-state index in [4.69, 9.17) is 4.74 Å². The molecule has 0 N–H and O–H groups in total. The predicted octanol–water partition coefficient (Wildman–Crippen LogP) is 2.71. The third-order valence-electron chi connectivity index (χ3n) is 4.40. The molecule has 0 amide bonds. The average Bonchev–Trinajstić information content (AvgIpc) is 2.94. The normalized spacial score (nSPS) is 31.2. The summed E-state index contributed by atoms with van der Waals surface area (Å²) in [6.45, 7) is 8.63. The lowest BCUT2D eigenvalue weighted by atomic mass is 9.91. The van der Waals surface area contributed by atoms with E-state index in [1.54, 1.807) is 6.33 Å². The predicted molar refractivity (Wildman–Crippen MR) is 72.6 cm³/mol. The van der Waals surface area contributed by atoms with Crippen molar-refractivity contribution in [2.24, 2.45) is 11.8 Å². The van der Waals surface area contributed by atoms with Crippen LogP contribution in [-0.4, -0.2) is 25.6 Å². The van der Waals surface area contributed by atoms with Crippen LogP contribution >= 0.6 is 0 Å². The molecule has 1 unspecified atom stereocenters. The summed E-state index contributed by atoms with van der Waals surface area (Å²) in [5.74, 6) is 1.01. The zero-order chi connectivity index (χ0) is 13.6. The Morgan fingerprint density at radius 3 is 2.68 bits per heavy atom. The third kappa shape index (κ3) is 1.84. The minimum Gasteiger partial charge on any atom is -0.354 e. The molecule has 0 bridgehead atoms. The standard InChI is InChI=1S/C14H20N4O/c1-5-11-8(2)9(3)14(19-11)18-7-17-12-10(4)15-6-16-13(12)18/h6-9,11,14H,5H2,1-4H3/t8-,9?,11-,14-/m1/s1. The van der Waals surface area contributed by atoms with E-state index in [1.807, 2.05) is 13.3 Å². The second-order valence-corrected chi connectivity index (χ2v) is 5.47. The van der Waals surface area contributed by atoms with Crippen LogP contribution in [0.2, 0.25) is 0 Å². The largest absolute Gasteiger partial charge is 0.354 e. The first-order chi connectivity index (χ1) is 9.13. The number of ether oxygens (including phenoxy) is 1. The van der Waals surface area contributed by atoms with Crippen LogP contribution in [0.25, 0.3) is 11.2 Å². The van der Waals surface area contributed by atoms with E-state index in [0.717, 1.165) is 23.3 Å². The van der Waals surface area contributed by atoms with Crippen molar-refractivity contribution < 1.29 is 4.74 Å². The van der Waals surface area contributed by atoms with Crippen molar-refractivity contribution in [2.75, 3.05) is 0 Å². The van der Waals surface area contributed by atoms with Crippen molar-refractivity contribution in [1.29, 1.82) is 0 Å². The van der Waals surface area contributed by atoms with Gasteiger partial charge in [-0.2, -0.15) is 0 Å². The first kappa shape index (κ1) is 12.5. The lowest BCUT2D eigenvalue weighted by Gasteiger charge is -2.17. The Morgan fingerprint density at radius 2 is 2.00 bits per heavy atom. The second-order valence-electron chi connectivity index (χ2n) is 5.47. The van der Waals surface area contributed by atoms with E-state index in [0.29, 0.717) is 17.9 Å². The Kier molecular flexibility index (Phi) is 3.01. The molecule has 2 aromatic heterocycles. The molecule has 0 aliphatic carbocycles. The second kappa shape index (κ2) is 4.56. The zero-order valence-electron chi connectivity index (χ0n) is 11.9. The molecule has 0 saturated carbocycles. The van der Waals surface area contributed by atoms with E-state index >= 15 is 0 Å². The van der Waals surface area contributed by atoms with Crippen molar-refractivity contribution >= 4 is 11.2 Å². The van der Waals surface area contributed by atoms with Gasteiger partial charge in [-0.25, -0.2) is 15.0 Å². The molecule has 19 heavy (non-hydrogen) atoms. The summed E-state index contributed by atoms with van der Waals surface area (Å²) in [6.07, 6.45) is 4.82. The first-order valence-electron chi connectivity index (χ1n) is 6.93. The van der Waals surface area contributed by atoms with Gasteiger partial charge in [0, 0.05) is 5.92 Å². The molecular formula is C14H20N4O. The zero-order valence-corrected chi connectivity index (χ0v) is 11.9. The fourth-order valence-electron chi connectivity index (χ4n) is 2.97. The fourth-order valence-corrected chi connectivity index (χ4v) is 2.97. The van der Waals surface area contributed by atoms with Gasteiger partial charge in [0.05, 0.1) is 18.1 Å². The molecule has 1 fully saturated rings. The summed E-state index contributed by atoms with van der Waals surface area (Å²) in [6, 6.07) is 0. The van der Waals surface area contributed by atoms with Crippen molar-refractivity contribution in [3.63, 3.8) is 0 Å². The van der Waals surface area contributed by atoms with Crippen LogP contribution in [0.15, 0.2) is 12.7 Å². The highest BCUT2D eigenvalue weighted by molar-refractivity contribution is 5.72. The summed E-state index contributed by atoms with van der Waals surface area (Å²) in [4.78, 5) is 13.0. The minimum absolute atomic E-state index is 0.0271. The van der Waals surface area contributed by atoms with Gasteiger partial charge in [-0.05, 0) is 19.3 Å². The van der Waals surface area contributed by atoms with Gasteiger partial charge in [-0.15, -0.1) is 0 Å². The molecule has 102 valence electrons. The number of fused-ring (bicyclic) bond motifs is 1. The maximum atomic E-state index is 6.19. The van der Waals surface area contributed by atoms with Gasteiger partial charge in [-0.1, -0.05) is 20.8 Å².